The fourth-order valence-electron chi connectivity index (χ4n) is 1.83. The average molecular weight is 373 g/mol. The van der Waals surface area contributed by atoms with Crippen molar-refractivity contribution in [3.8, 4) is 0 Å². The molecule has 3 N–H and O–H groups in total. The van der Waals surface area contributed by atoms with E-state index in [2.05, 4.69) is 21.2 Å². The highest BCUT2D eigenvalue weighted by Crippen LogP contribution is 2.17. The summed E-state index contributed by atoms with van der Waals surface area (Å²) in [6, 6.07) is 11.2. The topological polar surface area (TPSA) is 72.2 Å². The van der Waals surface area contributed by atoms with Crippen LogP contribution in [0.15, 0.2) is 51.8 Å². The van der Waals surface area contributed by atoms with Gasteiger partial charge >= 0.3 is 0 Å². The Morgan fingerprint density at radius 3 is 2.38 bits per heavy atom. The minimum absolute atomic E-state index is 0.0892. The Kier molecular flexibility index (Phi) is 5.10. The molecule has 4 nitrogen and oxygen atoms in total. The van der Waals surface area contributed by atoms with Crippen molar-refractivity contribution in [2.75, 3.05) is 0 Å². The maximum Gasteiger partial charge on any atom is 0.238 e. The smallest absolute Gasteiger partial charge is 0.238 e. The van der Waals surface area contributed by atoms with Crippen molar-refractivity contribution in [1.29, 1.82) is 0 Å². The fourth-order valence-corrected chi connectivity index (χ4v) is 2.84. The molecule has 0 spiro atoms. The third kappa shape index (κ3) is 4.60. The summed E-state index contributed by atoms with van der Waals surface area (Å²) < 4.78 is 36.1. The highest BCUT2D eigenvalue weighted by Gasteiger charge is 2.07. The molecule has 112 valence electrons. The van der Waals surface area contributed by atoms with Crippen LogP contribution in [0.2, 0.25) is 0 Å². The van der Waals surface area contributed by atoms with Crippen LogP contribution in [0.3, 0.4) is 0 Å². The number of benzene rings is 2. The molecule has 2 aromatic rings. The SMILES string of the molecule is NS(=O)(=O)c1cccc(CNCc2ccc(F)c(Br)c2)c1. The highest BCUT2D eigenvalue weighted by atomic mass is 79.9. The van der Waals surface area contributed by atoms with Gasteiger partial charge in [-0.05, 0) is 51.3 Å². The number of halogens is 2. The largest absolute Gasteiger partial charge is 0.309 e. The van der Waals surface area contributed by atoms with E-state index in [1.54, 1.807) is 18.2 Å². The molecule has 0 atom stereocenters. The van der Waals surface area contributed by atoms with E-state index >= 15 is 0 Å². The lowest BCUT2D eigenvalue weighted by atomic mass is 10.2. The average Bonchev–Trinajstić information content (AvgIpc) is 2.42. The quantitative estimate of drug-likeness (QED) is 0.846. The first-order chi connectivity index (χ1) is 9.86. The van der Waals surface area contributed by atoms with Crippen LogP contribution in [0.5, 0.6) is 0 Å². The second-order valence-corrected chi connectivity index (χ2v) is 6.96. The lowest BCUT2D eigenvalue weighted by molar-refractivity contribution is 0.597. The molecule has 0 aromatic heterocycles. The second kappa shape index (κ2) is 6.65. The zero-order chi connectivity index (χ0) is 15.5. The monoisotopic (exact) mass is 372 g/mol. The molecule has 2 rings (SSSR count). The zero-order valence-corrected chi connectivity index (χ0v) is 13.4. The van der Waals surface area contributed by atoms with Crippen LogP contribution in [-0.2, 0) is 23.1 Å². The standard InChI is InChI=1S/C14H14BrFN2O2S/c15-13-7-11(4-5-14(13)16)9-18-8-10-2-1-3-12(6-10)21(17,19)20/h1-7,18H,8-9H2,(H2,17,19,20). The summed E-state index contributed by atoms with van der Waals surface area (Å²) in [5.74, 6) is -0.306. The second-order valence-electron chi connectivity index (χ2n) is 4.54. The van der Waals surface area contributed by atoms with E-state index in [-0.39, 0.29) is 10.7 Å². The van der Waals surface area contributed by atoms with Gasteiger partial charge in [-0.1, -0.05) is 18.2 Å². The molecular formula is C14H14BrFN2O2S. The molecule has 0 bridgehead atoms. The number of sulfonamides is 1. The van der Waals surface area contributed by atoms with E-state index in [0.29, 0.717) is 17.6 Å². The minimum Gasteiger partial charge on any atom is -0.309 e. The number of hydrogen-bond donors (Lipinski definition) is 2. The summed E-state index contributed by atoms with van der Waals surface area (Å²) in [6.07, 6.45) is 0. The predicted octanol–water partition coefficient (Wildman–Crippen LogP) is 2.53. The Morgan fingerprint density at radius 2 is 1.76 bits per heavy atom. The highest BCUT2D eigenvalue weighted by molar-refractivity contribution is 9.10. The van der Waals surface area contributed by atoms with Crippen molar-refractivity contribution in [3.05, 3.63) is 63.9 Å². The number of rotatable bonds is 5. The maximum atomic E-state index is 13.1. The lowest BCUT2D eigenvalue weighted by Gasteiger charge is -2.07. The summed E-state index contributed by atoms with van der Waals surface area (Å²) in [5, 5.41) is 8.25. The predicted molar refractivity (Wildman–Crippen MR) is 82.5 cm³/mol. The van der Waals surface area contributed by atoms with Crippen LogP contribution in [-0.4, -0.2) is 8.42 Å². The van der Waals surface area contributed by atoms with Crippen LogP contribution in [0.4, 0.5) is 4.39 Å². The van der Waals surface area contributed by atoms with Crippen molar-refractivity contribution in [2.45, 2.75) is 18.0 Å². The molecule has 0 aliphatic heterocycles. The Morgan fingerprint density at radius 1 is 1.10 bits per heavy atom. The van der Waals surface area contributed by atoms with E-state index in [4.69, 9.17) is 5.14 Å². The fraction of sp³-hybridized carbons (Fsp3) is 0.143. The van der Waals surface area contributed by atoms with Crippen molar-refractivity contribution in [1.82, 2.24) is 5.32 Å². The summed E-state index contributed by atoms with van der Waals surface area (Å²) in [6.45, 7) is 1.02. The van der Waals surface area contributed by atoms with Crippen LogP contribution in [0.1, 0.15) is 11.1 Å². The molecule has 0 heterocycles. The van der Waals surface area contributed by atoms with Gasteiger partial charge in [-0.3, -0.25) is 0 Å². The van der Waals surface area contributed by atoms with E-state index in [0.717, 1.165) is 11.1 Å². The van der Waals surface area contributed by atoms with Crippen molar-refractivity contribution in [3.63, 3.8) is 0 Å². The Hall–Kier alpha value is -1.28. The third-order valence-corrected chi connectivity index (χ3v) is 4.39. The number of nitrogens with one attached hydrogen (secondary N) is 1. The van der Waals surface area contributed by atoms with Gasteiger partial charge in [0.25, 0.3) is 0 Å². The van der Waals surface area contributed by atoms with E-state index in [1.165, 1.54) is 18.2 Å². The Balaban J connectivity index is 1.99. The number of primary sulfonamides is 1. The third-order valence-electron chi connectivity index (χ3n) is 2.87. The van der Waals surface area contributed by atoms with Gasteiger partial charge in [0.2, 0.25) is 10.0 Å². The van der Waals surface area contributed by atoms with Gasteiger partial charge in [-0.25, -0.2) is 17.9 Å². The normalized spacial score (nSPS) is 11.6. The lowest BCUT2D eigenvalue weighted by Crippen LogP contribution is -2.15. The molecule has 7 heteroatoms. The van der Waals surface area contributed by atoms with Gasteiger partial charge in [0, 0.05) is 13.1 Å². The molecule has 0 saturated carbocycles. The summed E-state index contributed by atoms with van der Waals surface area (Å²) in [4.78, 5) is 0.0892. The molecule has 0 unspecified atom stereocenters. The van der Waals surface area contributed by atoms with E-state index in [1.807, 2.05) is 6.07 Å². The van der Waals surface area contributed by atoms with Crippen LogP contribution < -0.4 is 10.5 Å². The van der Waals surface area contributed by atoms with Crippen molar-refractivity contribution >= 4 is 26.0 Å². The van der Waals surface area contributed by atoms with Gasteiger partial charge in [0.1, 0.15) is 5.82 Å². The Labute approximate surface area is 131 Å². The maximum absolute atomic E-state index is 13.1. The Bertz CT molecular complexity index is 750. The van der Waals surface area contributed by atoms with Crippen LogP contribution in [0, 0.1) is 5.82 Å². The van der Waals surface area contributed by atoms with Gasteiger partial charge in [0.05, 0.1) is 9.37 Å². The molecule has 0 radical (unpaired) electrons. The van der Waals surface area contributed by atoms with E-state index < -0.39 is 10.0 Å². The first-order valence-electron chi connectivity index (χ1n) is 6.12. The van der Waals surface area contributed by atoms with Gasteiger partial charge in [-0.15, -0.1) is 0 Å². The molecule has 0 aliphatic rings. The van der Waals surface area contributed by atoms with E-state index in [9.17, 15) is 12.8 Å². The molecular weight excluding hydrogens is 359 g/mol. The summed E-state index contributed by atoms with van der Waals surface area (Å²) >= 11 is 3.13. The first-order valence-corrected chi connectivity index (χ1v) is 8.46. The molecule has 0 fully saturated rings. The number of hydrogen-bond acceptors (Lipinski definition) is 3. The zero-order valence-electron chi connectivity index (χ0n) is 11.0. The molecule has 21 heavy (non-hydrogen) atoms. The van der Waals surface area contributed by atoms with Crippen molar-refractivity contribution in [2.24, 2.45) is 5.14 Å². The van der Waals surface area contributed by atoms with Crippen LogP contribution in [0.25, 0.3) is 0 Å². The van der Waals surface area contributed by atoms with Crippen LogP contribution >= 0.6 is 15.9 Å². The van der Waals surface area contributed by atoms with Crippen molar-refractivity contribution < 1.29 is 12.8 Å². The molecule has 0 saturated heterocycles. The number of nitrogens with two attached hydrogens (primary N) is 1. The molecule has 2 aromatic carbocycles. The molecule has 0 amide bonds. The minimum atomic E-state index is -3.69. The summed E-state index contributed by atoms with van der Waals surface area (Å²) in [7, 11) is -3.69. The first kappa shape index (κ1) is 16.1. The van der Waals surface area contributed by atoms with Gasteiger partial charge in [0.15, 0.2) is 0 Å². The van der Waals surface area contributed by atoms with Gasteiger partial charge < -0.3 is 5.32 Å². The van der Waals surface area contributed by atoms with Gasteiger partial charge in [-0.2, -0.15) is 0 Å². The molecule has 0 aliphatic carbocycles. The summed E-state index contributed by atoms with van der Waals surface area (Å²) in [5.41, 5.74) is 1.73.